The van der Waals surface area contributed by atoms with Crippen molar-refractivity contribution >= 4 is 40.1 Å². The number of carbonyl (C=O) groups is 1. The lowest BCUT2D eigenvalue weighted by atomic mass is 10.2. The smallest absolute Gasteiger partial charge is 0.261 e. The van der Waals surface area contributed by atoms with Crippen molar-refractivity contribution in [2.24, 2.45) is 0 Å². The van der Waals surface area contributed by atoms with Gasteiger partial charge in [-0.05, 0) is 65.4 Å². The highest BCUT2D eigenvalue weighted by Gasteiger charge is 2.14. The SMILES string of the molecule is C[C@@H](Oc1ccc(I)cc1)C(=O)NCc1ccccc1Cl. The predicted molar refractivity (Wildman–Crippen MR) is 92.5 cm³/mol. The van der Waals surface area contributed by atoms with Crippen LogP contribution in [-0.2, 0) is 11.3 Å². The number of amides is 1. The lowest BCUT2D eigenvalue weighted by Gasteiger charge is -2.15. The van der Waals surface area contributed by atoms with Crippen LogP contribution in [0.2, 0.25) is 5.02 Å². The summed E-state index contributed by atoms with van der Waals surface area (Å²) in [5.74, 6) is 0.504. The zero-order valence-corrected chi connectivity index (χ0v) is 14.4. The zero-order valence-electron chi connectivity index (χ0n) is 11.5. The van der Waals surface area contributed by atoms with Crippen LogP contribution in [0.4, 0.5) is 0 Å². The predicted octanol–water partition coefficient (Wildman–Crippen LogP) is 4.03. The Labute approximate surface area is 142 Å². The summed E-state index contributed by atoms with van der Waals surface area (Å²) in [6.07, 6.45) is -0.562. The first kappa shape index (κ1) is 16.1. The molecule has 0 fully saturated rings. The third-order valence-electron chi connectivity index (χ3n) is 2.91. The van der Waals surface area contributed by atoms with Crippen LogP contribution in [0.3, 0.4) is 0 Å². The number of hydrogen-bond donors (Lipinski definition) is 1. The monoisotopic (exact) mass is 415 g/mol. The Hall–Kier alpha value is -1.27. The first-order valence-electron chi connectivity index (χ1n) is 6.49. The van der Waals surface area contributed by atoms with Crippen LogP contribution in [0.15, 0.2) is 48.5 Å². The second-order valence-corrected chi connectivity index (χ2v) is 6.18. The van der Waals surface area contributed by atoms with Crippen LogP contribution in [-0.4, -0.2) is 12.0 Å². The Bertz CT molecular complexity index is 616. The maximum Gasteiger partial charge on any atom is 0.261 e. The molecule has 110 valence electrons. The second kappa shape index (κ2) is 7.66. The molecule has 0 aromatic heterocycles. The molecule has 0 saturated carbocycles. The third-order valence-corrected chi connectivity index (χ3v) is 3.99. The number of benzene rings is 2. The minimum absolute atomic E-state index is 0.173. The largest absolute Gasteiger partial charge is 0.481 e. The topological polar surface area (TPSA) is 38.3 Å². The van der Waals surface area contributed by atoms with Gasteiger partial charge in [-0.1, -0.05) is 29.8 Å². The summed E-state index contributed by atoms with van der Waals surface area (Å²) in [5, 5.41) is 3.46. The molecule has 3 nitrogen and oxygen atoms in total. The summed E-state index contributed by atoms with van der Waals surface area (Å²) in [5.41, 5.74) is 0.883. The molecule has 2 rings (SSSR count). The third kappa shape index (κ3) is 4.89. The van der Waals surface area contributed by atoms with E-state index in [4.69, 9.17) is 16.3 Å². The average molecular weight is 416 g/mol. The molecule has 0 aliphatic carbocycles. The number of hydrogen-bond acceptors (Lipinski definition) is 2. The molecule has 2 aromatic rings. The van der Waals surface area contributed by atoms with E-state index >= 15 is 0 Å². The molecule has 0 heterocycles. The van der Waals surface area contributed by atoms with Crippen LogP contribution in [0.1, 0.15) is 12.5 Å². The molecule has 0 radical (unpaired) electrons. The summed E-state index contributed by atoms with van der Waals surface area (Å²) in [4.78, 5) is 12.0. The molecule has 1 atom stereocenters. The van der Waals surface area contributed by atoms with Gasteiger partial charge >= 0.3 is 0 Å². The first-order chi connectivity index (χ1) is 10.1. The summed E-state index contributed by atoms with van der Waals surface area (Å²) >= 11 is 8.27. The van der Waals surface area contributed by atoms with Gasteiger partial charge in [0, 0.05) is 15.1 Å². The fourth-order valence-corrected chi connectivity index (χ4v) is 2.30. The molecule has 5 heteroatoms. The van der Waals surface area contributed by atoms with Gasteiger partial charge in [-0.15, -0.1) is 0 Å². The first-order valence-corrected chi connectivity index (χ1v) is 7.95. The lowest BCUT2D eigenvalue weighted by Crippen LogP contribution is -2.35. The Kier molecular flexibility index (Phi) is 5.87. The molecular weight excluding hydrogens is 401 g/mol. The van der Waals surface area contributed by atoms with Crippen molar-refractivity contribution in [1.82, 2.24) is 5.32 Å². The normalized spacial score (nSPS) is 11.8. The highest BCUT2D eigenvalue weighted by Crippen LogP contribution is 2.16. The van der Waals surface area contributed by atoms with E-state index in [0.717, 1.165) is 9.13 Å². The minimum Gasteiger partial charge on any atom is -0.481 e. The van der Waals surface area contributed by atoms with Crippen molar-refractivity contribution < 1.29 is 9.53 Å². The number of carbonyl (C=O) groups excluding carboxylic acids is 1. The van der Waals surface area contributed by atoms with Gasteiger partial charge in [-0.2, -0.15) is 0 Å². The van der Waals surface area contributed by atoms with Gasteiger partial charge in [0.25, 0.3) is 5.91 Å². The Morgan fingerprint density at radius 2 is 1.90 bits per heavy atom. The van der Waals surface area contributed by atoms with Crippen molar-refractivity contribution in [2.45, 2.75) is 19.6 Å². The summed E-state index contributed by atoms with van der Waals surface area (Å²) in [6.45, 7) is 2.11. The van der Waals surface area contributed by atoms with E-state index in [1.807, 2.05) is 42.5 Å². The molecule has 0 saturated heterocycles. The van der Waals surface area contributed by atoms with E-state index in [0.29, 0.717) is 17.3 Å². The van der Waals surface area contributed by atoms with Crippen molar-refractivity contribution in [1.29, 1.82) is 0 Å². The number of ether oxygens (including phenoxy) is 1. The van der Waals surface area contributed by atoms with Crippen LogP contribution in [0.5, 0.6) is 5.75 Å². The Balaban J connectivity index is 1.88. The summed E-state index contributed by atoms with van der Waals surface area (Å²) in [7, 11) is 0. The number of nitrogens with one attached hydrogen (secondary N) is 1. The standard InChI is InChI=1S/C16H15ClINO2/c1-11(21-14-8-6-13(18)7-9-14)16(20)19-10-12-4-2-3-5-15(12)17/h2-9,11H,10H2,1H3,(H,19,20)/t11-/m1/s1. The molecule has 1 N–H and O–H groups in total. The Morgan fingerprint density at radius 3 is 2.57 bits per heavy atom. The van der Waals surface area contributed by atoms with Crippen molar-refractivity contribution in [2.75, 3.05) is 0 Å². The van der Waals surface area contributed by atoms with E-state index in [1.165, 1.54) is 0 Å². The van der Waals surface area contributed by atoms with E-state index in [9.17, 15) is 4.79 Å². The molecule has 0 aliphatic rings. The summed E-state index contributed by atoms with van der Waals surface area (Å²) < 4.78 is 6.72. The molecule has 0 unspecified atom stereocenters. The molecule has 2 aromatic carbocycles. The fourth-order valence-electron chi connectivity index (χ4n) is 1.74. The zero-order chi connectivity index (χ0) is 15.2. The van der Waals surface area contributed by atoms with E-state index < -0.39 is 6.10 Å². The molecule has 0 bridgehead atoms. The van der Waals surface area contributed by atoms with Gasteiger partial charge in [0.15, 0.2) is 6.10 Å². The van der Waals surface area contributed by atoms with Crippen molar-refractivity contribution in [3.63, 3.8) is 0 Å². The van der Waals surface area contributed by atoms with Gasteiger partial charge in [-0.25, -0.2) is 0 Å². The van der Waals surface area contributed by atoms with Gasteiger partial charge in [0.2, 0.25) is 0 Å². The lowest BCUT2D eigenvalue weighted by molar-refractivity contribution is -0.127. The molecule has 21 heavy (non-hydrogen) atoms. The Morgan fingerprint density at radius 1 is 1.24 bits per heavy atom. The van der Waals surface area contributed by atoms with Crippen LogP contribution in [0.25, 0.3) is 0 Å². The molecular formula is C16H15ClINO2. The van der Waals surface area contributed by atoms with Crippen LogP contribution < -0.4 is 10.1 Å². The van der Waals surface area contributed by atoms with E-state index in [1.54, 1.807) is 13.0 Å². The van der Waals surface area contributed by atoms with Crippen LogP contribution >= 0.6 is 34.2 Å². The quantitative estimate of drug-likeness (QED) is 0.749. The molecule has 0 spiro atoms. The minimum atomic E-state index is -0.562. The van der Waals surface area contributed by atoms with E-state index in [-0.39, 0.29) is 5.91 Å². The number of halogens is 2. The van der Waals surface area contributed by atoms with Gasteiger partial charge in [-0.3, -0.25) is 4.79 Å². The fraction of sp³-hybridized carbons (Fsp3) is 0.188. The average Bonchev–Trinajstić information content (AvgIpc) is 2.48. The van der Waals surface area contributed by atoms with Crippen molar-refractivity contribution in [3.05, 3.63) is 62.7 Å². The van der Waals surface area contributed by atoms with Crippen LogP contribution in [0, 0.1) is 3.57 Å². The highest BCUT2D eigenvalue weighted by atomic mass is 127. The summed E-state index contributed by atoms with van der Waals surface area (Å²) in [6, 6.07) is 15.0. The molecule has 1 amide bonds. The van der Waals surface area contributed by atoms with Gasteiger partial charge in [0.05, 0.1) is 0 Å². The van der Waals surface area contributed by atoms with Gasteiger partial charge < -0.3 is 10.1 Å². The number of rotatable bonds is 5. The second-order valence-electron chi connectivity index (χ2n) is 4.52. The van der Waals surface area contributed by atoms with Crippen molar-refractivity contribution in [3.8, 4) is 5.75 Å². The molecule has 0 aliphatic heterocycles. The van der Waals surface area contributed by atoms with E-state index in [2.05, 4.69) is 27.9 Å². The highest BCUT2D eigenvalue weighted by molar-refractivity contribution is 14.1. The van der Waals surface area contributed by atoms with Gasteiger partial charge in [0.1, 0.15) is 5.75 Å². The maximum absolute atomic E-state index is 12.0. The maximum atomic E-state index is 12.0.